The molecule has 0 amide bonds. The number of anilines is 2. The Kier molecular flexibility index (Phi) is 3.84. The number of hydrogen-bond acceptors (Lipinski definition) is 5. The van der Waals surface area contributed by atoms with Crippen LogP contribution < -0.4 is 10.6 Å². The Hall–Kier alpha value is -2.01. The largest absolute Gasteiger partial charge is 0.465 e. The normalized spacial score (nSPS) is 14.0. The predicted molar refractivity (Wildman–Crippen MR) is 85.7 cm³/mol. The Bertz CT molecular complexity index is 636. The van der Waals surface area contributed by atoms with Gasteiger partial charge < -0.3 is 15.4 Å². The van der Waals surface area contributed by atoms with E-state index in [0.717, 1.165) is 25.1 Å². The third-order valence-electron chi connectivity index (χ3n) is 3.65. The number of carbonyl (C=O) groups is 1. The SMILES string of the molecule is COC(=O)c1cccc(N)c1N(Cc1cccs1)C1CC1. The lowest BCUT2D eigenvalue weighted by molar-refractivity contribution is 0.0601. The van der Waals surface area contributed by atoms with Gasteiger partial charge in [-0.25, -0.2) is 4.79 Å². The van der Waals surface area contributed by atoms with E-state index in [-0.39, 0.29) is 5.97 Å². The van der Waals surface area contributed by atoms with Crippen LogP contribution in [0, 0.1) is 0 Å². The molecule has 1 aliphatic rings. The van der Waals surface area contributed by atoms with Crippen LogP contribution >= 0.6 is 11.3 Å². The fourth-order valence-electron chi connectivity index (χ4n) is 2.50. The number of thiophene rings is 1. The average Bonchev–Trinajstić information content (AvgIpc) is 3.21. The van der Waals surface area contributed by atoms with Crippen LogP contribution in [0.3, 0.4) is 0 Å². The van der Waals surface area contributed by atoms with Gasteiger partial charge in [-0.15, -0.1) is 11.3 Å². The van der Waals surface area contributed by atoms with Gasteiger partial charge in [-0.3, -0.25) is 0 Å². The van der Waals surface area contributed by atoms with Gasteiger partial charge in [0.15, 0.2) is 0 Å². The molecule has 3 rings (SSSR count). The van der Waals surface area contributed by atoms with Crippen LogP contribution in [0.2, 0.25) is 0 Å². The minimum absolute atomic E-state index is 0.339. The van der Waals surface area contributed by atoms with Crippen molar-refractivity contribution >= 4 is 28.7 Å². The molecule has 5 heteroatoms. The van der Waals surface area contributed by atoms with Gasteiger partial charge in [0.25, 0.3) is 0 Å². The minimum Gasteiger partial charge on any atom is -0.465 e. The number of nitrogens with zero attached hydrogens (tertiary/aromatic N) is 1. The van der Waals surface area contributed by atoms with Crippen molar-refractivity contribution in [1.82, 2.24) is 0 Å². The Balaban J connectivity index is 2.00. The molecule has 4 nitrogen and oxygen atoms in total. The highest BCUT2D eigenvalue weighted by Crippen LogP contribution is 2.39. The summed E-state index contributed by atoms with van der Waals surface area (Å²) in [6, 6.07) is 10.0. The molecule has 0 aliphatic heterocycles. The van der Waals surface area contributed by atoms with Crippen molar-refractivity contribution in [3.05, 3.63) is 46.2 Å². The Morgan fingerprint density at radius 2 is 2.19 bits per heavy atom. The van der Waals surface area contributed by atoms with Crippen LogP contribution in [0.5, 0.6) is 0 Å². The van der Waals surface area contributed by atoms with Crippen LogP contribution in [0.1, 0.15) is 28.1 Å². The Morgan fingerprint density at radius 1 is 1.38 bits per heavy atom. The van der Waals surface area contributed by atoms with Gasteiger partial charge in [0.05, 0.1) is 30.6 Å². The van der Waals surface area contributed by atoms with Crippen molar-refractivity contribution in [3.8, 4) is 0 Å². The number of hydrogen-bond donors (Lipinski definition) is 1. The number of rotatable bonds is 5. The summed E-state index contributed by atoms with van der Waals surface area (Å²) < 4.78 is 4.90. The molecule has 1 saturated carbocycles. The number of benzene rings is 1. The van der Waals surface area contributed by atoms with E-state index in [1.807, 2.05) is 12.1 Å². The first kappa shape index (κ1) is 13.9. The van der Waals surface area contributed by atoms with Gasteiger partial charge >= 0.3 is 5.97 Å². The second-order valence-electron chi connectivity index (χ2n) is 5.17. The van der Waals surface area contributed by atoms with E-state index in [1.165, 1.54) is 12.0 Å². The zero-order chi connectivity index (χ0) is 14.8. The number of carbonyl (C=O) groups excluding carboxylic acids is 1. The van der Waals surface area contributed by atoms with E-state index in [4.69, 9.17) is 10.5 Å². The molecule has 1 aromatic carbocycles. The molecule has 0 unspecified atom stereocenters. The minimum atomic E-state index is -0.339. The van der Waals surface area contributed by atoms with Crippen molar-refractivity contribution in [2.75, 3.05) is 17.7 Å². The lowest BCUT2D eigenvalue weighted by atomic mass is 10.1. The highest BCUT2D eigenvalue weighted by atomic mass is 32.1. The molecule has 1 aromatic heterocycles. The number of para-hydroxylation sites is 1. The first-order valence-electron chi connectivity index (χ1n) is 6.96. The fourth-order valence-corrected chi connectivity index (χ4v) is 3.21. The third kappa shape index (κ3) is 2.88. The molecule has 21 heavy (non-hydrogen) atoms. The first-order valence-corrected chi connectivity index (χ1v) is 7.84. The van der Waals surface area contributed by atoms with Crippen LogP contribution in [0.4, 0.5) is 11.4 Å². The van der Waals surface area contributed by atoms with Gasteiger partial charge in [-0.05, 0) is 36.4 Å². The zero-order valence-electron chi connectivity index (χ0n) is 11.9. The molecule has 0 saturated heterocycles. The molecule has 110 valence electrons. The molecular weight excluding hydrogens is 284 g/mol. The number of nitrogens with two attached hydrogens (primary N) is 1. The third-order valence-corrected chi connectivity index (χ3v) is 4.51. The van der Waals surface area contributed by atoms with E-state index in [9.17, 15) is 4.79 Å². The Morgan fingerprint density at radius 3 is 2.81 bits per heavy atom. The van der Waals surface area contributed by atoms with Gasteiger partial charge in [0, 0.05) is 10.9 Å². The summed E-state index contributed by atoms with van der Waals surface area (Å²) in [7, 11) is 1.40. The van der Waals surface area contributed by atoms with Crippen LogP contribution in [-0.4, -0.2) is 19.1 Å². The number of ether oxygens (including phenoxy) is 1. The number of nitrogen functional groups attached to an aromatic ring is 1. The molecule has 0 radical (unpaired) electrons. The van der Waals surface area contributed by atoms with Crippen LogP contribution in [0.25, 0.3) is 0 Å². The van der Waals surface area contributed by atoms with Crippen LogP contribution in [0.15, 0.2) is 35.7 Å². The van der Waals surface area contributed by atoms with Crippen molar-refractivity contribution in [2.45, 2.75) is 25.4 Å². The summed E-state index contributed by atoms with van der Waals surface area (Å²) in [5.74, 6) is -0.339. The summed E-state index contributed by atoms with van der Waals surface area (Å²) in [4.78, 5) is 15.5. The molecule has 0 spiro atoms. The van der Waals surface area contributed by atoms with Gasteiger partial charge in [-0.2, -0.15) is 0 Å². The fraction of sp³-hybridized carbons (Fsp3) is 0.312. The predicted octanol–water partition coefficient (Wildman–Crippen LogP) is 3.29. The summed E-state index contributed by atoms with van der Waals surface area (Å²) in [5.41, 5.74) is 8.14. The van der Waals surface area contributed by atoms with Crippen molar-refractivity contribution in [1.29, 1.82) is 0 Å². The second kappa shape index (κ2) is 5.77. The highest BCUT2D eigenvalue weighted by Gasteiger charge is 2.33. The maximum atomic E-state index is 12.0. The number of esters is 1. The molecule has 2 aromatic rings. The quantitative estimate of drug-likeness (QED) is 0.680. The molecule has 2 N–H and O–H groups in total. The lowest BCUT2D eigenvalue weighted by Gasteiger charge is -2.27. The summed E-state index contributed by atoms with van der Waals surface area (Å²) in [6.45, 7) is 0.778. The molecule has 0 bridgehead atoms. The molecule has 0 atom stereocenters. The number of methoxy groups -OCH3 is 1. The standard InChI is InChI=1S/C16H18N2O2S/c1-20-16(19)13-5-2-6-14(17)15(13)18(11-7-8-11)10-12-4-3-9-21-12/h2-6,9,11H,7-8,10,17H2,1H3. The van der Waals surface area contributed by atoms with Crippen molar-refractivity contribution < 1.29 is 9.53 Å². The summed E-state index contributed by atoms with van der Waals surface area (Å²) in [6.07, 6.45) is 2.28. The monoisotopic (exact) mass is 302 g/mol. The van der Waals surface area contributed by atoms with Crippen molar-refractivity contribution in [3.63, 3.8) is 0 Å². The zero-order valence-corrected chi connectivity index (χ0v) is 12.7. The van der Waals surface area contributed by atoms with E-state index in [1.54, 1.807) is 23.5 Å². The highest BCUT2D eigenvalue weighted by molar-refractivity contribution is 7.09. The molecule has 1 aliphatic carbocycles. The van der Waals surface area contributed by atoms with Gasteiger partial charge in [-0.1, -0.05) is 12.1 Å². The topological polar surface area (TPSA) is 55.6 Å². The second-order valence-corrected chi connectivity index (χ2v) is 6.21. The van der Waals surface area contributed by atoms with E-state index >= 15 is 0 Å². The lowest BCUT2D eigenvalue weighted by Crippen LogP contribution is -2.27. The average molecular weight is 302 g/mol. The van der Waals surface area contributed by atoms with E-state index < -0.39 is 0 Å². The summed E-state index contributed by atoms with van der Waals surface area (Å²) >= 11 is 1.72. The van der Waals surface area contributed by atoms with Crippen molar-refractivity contribution in [2.24, 2.45) is 0 Å². The summed E-state index contributed by atoms with van der Waals surface area (Å²) in [5, 5.41) is 2.07. The van der Waals surface area contributed by atoms with E-state index in [0.29, 0.717) is 17.3 Å². The smallest absolute Gasteiger partial charge is 0.340 e. The maximum absolute atomic E-state index is 12.0. The Labute approximate surface area is 128 Å². The molecule has 1 fully saturated rings. The molecule has 1 heterocycles. The maximum Gasteiger partial charge on any atom is 0.340 e. The molecular formula is C16H18N2O2S. The first-order chi connectivity index (χ1) is 10.2. The van der Waals surface area contributed by atoms with Crippen LogP contribution in [-0.2, 0) is 11.3 Å². The van der Waals surface area contributed by atoms with E-state index in [2.05, 4.69) is 16.3 Å². The van der Waals surface area contributed by atoms with Gasteiger partial charge in [0.2, 0.25) is 0 Å². The van der Waals surface area contributed by atoms with Gasteiger partial charge in [0.1, 0.15) is 0 Å².